The van der Waals surface area contributed by atoms with Crippen molar-refractivity contribution in [2.75, 3.05) is 0 Å². The van der Waals surface area contributed by atoms with E-state index in [1.165, 1.54) is 23.3 Å². The van der Waals surface area contributed by atoms with Crippen molar-refractivity contribution >= 4 is 5.91 Å². The second-order valence-electron chi connectivity index (χ2n) is 5.00. The van der Waals surface area contributed by atoms with Crippen LogP contribution in [0, 0.1) is 17.6 Å². The highest BCUT2D eigenvalue weighted by Crippen LogP contribution is 2.13. The van der Waals surface area contributed by atoms with Crippen molar-refractivity contribution in [2.45, 2.75) is 26.4 Å². The molecule has 0 aliphatic heterocycles. The van der Waals surface area contributed by atoms with E-state index in [9.17, 15) is 13.6 Å². The number of carbonyl (C=O) groups is 1. The summed E-state index contributed by atoms with van der Waals surface area (Å²) in [6.07, 6.45) is 3.05. The molecule has 1 atom stereocenters. The second kappa shape index (κ2) is 6.43. The Hall–Kier alpha value is -2.31. The van der Waals surface area contributed by atoms with Gasteiger partial charge in [0.2, 0.25) is 0 Å². The average Bonchev–Trinajstić information content (AvgIpc) is 2.90. The van der Waals surface area contributed by atoms with Gasteiger partial charge in [-0.05, 0) is 18.1 Å². The summed E-state index contributed by atoms with van der Waals surface area (Å²) >= 11 is 0. The minimum absolute atomic E-state index is 0.0507. The van der Waals surface area contributed by atoms with Crippen LogP contribution >= 0.6 is 0 Å². The lowest BCUT2D eigenvalue weighted by atomic mass is 10.0. The van der Waals surface area contributed by atoms with Gasteiger partial charge in [-0.2, -0.15) is 15.0 Å². The van der Waals surface area contributed by atoms with Gasteiger partial charge < -0.3 is 5.32 Å². The summed E-state index contributed by atoms with van der Waals surface area (Å²) in [5, 5.41) is 10.6. The van der Waals surface area contributed by atoms with Crippen molar-refractivity contribution in [3.63, 3.8) is 0 Å². The highest BCUT2D eigenvalue weighted by molar-refractivity contribution is 5.94. The fourth-order valence-electron chi connectivity index (χ4n) is 1.89. The highest BCUT2D eigenvalue weighted by atomic mass is 19.1. The lowest BCUT2D eigenvalue weighted by Gasteiger charge is -2.22. The molecule has 2 rings (SSSR count). The van der Waals surface area contributed by atoms with Crippen LogP contribution in [0.25, 0.3) is 0 Å². The van der Waals surface area contributed by atoms with Crippen molar-refractivity contribution < 1.29 is 13.6 Å². The Morgan fingerprint density at radius 3 is 2.33 bits per heavy atom. The summed E-state index contributed by atoms with van der Waals surface area (Å²) in [7, 11) is 0. The van der Waals surface area contributed by atoms with Gasteiger partial charge in [-0.25, -0.2) is 8.78 Å². The molecule has 0 bridgehead atoms. The van der Waals surface area contributed by atoms with Gasteiger partial charge in [0.1, 0.15) is 17.2 Å². The van der Waals surface area contributed by atoms with E-state index < -0.39 is 23.1 Å². The Balaban J connectivity index is 2.15. The maximum Gasteiger partial charge on any atom is 0.257 e. The van der Waals surface area contributed by atoms with Crippen LogP contribution in [0.3, 0.4) is 0 Å². The number of rotatable bonds is 5. The molecule has 21 heavy (non-hydrogen) atoms. The van der Waals surface area contributed by atoms with E-state index in [-0.39, 0.29) is 12.0 Å². The van der Waals surface area contributed by atoms with Gasteiger partial charge in [0.25, 0.3) is 5.91 Å². The van der Waals surface area contributed by atoms with Gasteiger partial charge >= 0.3 is 0 Å². The maximum absolute atomic E-state index is 13.6. The molecular weight excluding hydrogens is 278 g/mol. The molecule has 1 unspecified atom stereocenters. The lowest BCUT2D eigenvalue weighted by Crippen LogP contribution is -2.42. The number of hydrogen-bond acceptors (Lipinski definition) is 3. The number of benzene rings is 1. The molecule has 1 amide bonds. The monoisotopic (exact) mass is 294 g/mol. The number of nitrogens with one attached hydrogen (secondary N) is 1. The Morgan fingerprint density at radius 1 is 1.24 bits per heavy atom. The molecular formula is C14H16F2N4O. The molecule has 0 aliphatic rings. The summed E-state index contributed by atoms with van der Waals surface area (Å²) in [5.41, 5.74) is -0.573. The number of hydrogen-bond donors (Lipinski definition) is 1. The first kappa shape index (κ1) is 15.1. The summed E-state index contributed by atoms with van der Waals surface area (Å²) in [5.74, 6) is -2.49. The molecule has 0 saturated heterocycles. The Bertz CT molecular complexity index is 593. The third-order valence-electron chi connectivity index (χ3n) is 3.14. The van der Waals surface area contributed by atoms with Gasteiger partial charge in [0.15, 0.2) is 0 Å². The summed E-state index contributed by atoms with van der Waals surface area (Å²) in [6.45, 7) is 4.12. The number of amides is 1. The van der Waals surface area contributed by atoms with E-state index in [1.54, 1.807) is 0 Å². The minimum atomic E-state index is -0.882. The fourth-order valence-corrected chi connectivity index (χ4v) is 1.89. The first-order chi connectivity index (χ1) is 9.99. The van der Waals surface area contributed by atoms with E-state index in [2.05, 4.69) is 15.5 Å². The SMILES string of the molecule is CC(C)C(Cn1nccn1)NC(=O)c1c(F)cccc1F. The predicted molar refractivity (Wildman–Crippen MR) is 72.5 cm³/mol. The van der Waals surface area contributed by atoms with Crippen molar-refractivity contribution in [1.82, 2.24) is 20.3 Å². The average molecular weight is 294 g/mol. The van der Waals surface area contributed by atoms with Crippen LogP contribution < -0.4 is 5.32 Å². The largest absolute Gasteiger partial charge is 0.347 e. The molecule has 1 aromatic carbocycles. The van der Waals surface area contributed by atoms with E-state index in [0.29, 0.717) is 6.54 Å². The molecule has 5 nitrogen and oxygen atoms in total. The Labute approximate surface area is 121 Å². The molecule has 0 aliphatic carbocycles. The molecule has 0 fully saturated rings. The van der Waals surface area contributed by atoms with Crippen LogP contribution in [-0.4, -0.2) is 26.9 Å². The molecule has 2 aromatic rings. The van der Waals surface area contributed by atoms with E-state index in [1.807, 2.05) is 13.8 Å². The smallest absolute Gasteiger partial charge is 0.257 e. The van der Waals surface area contributed by atoms with Crippen LogP contribution in [0.15, 0.2) is 30.6 Å². The zero-order chi connectivity index (χ0) is 15.4. The van der Waals surface area contributed by atoms with Crippen molar-refractivity contribution in [1.29, 1.82) is 0 Å². The zero-order valence-electron chi connectivity index (χ0n) is 11.8. The Morgan fingerprint density at radius 2 is 1.81 bits per heavy atom. The van der Waals surface area contributed by atoms with Gasteiger partial charge in [0, 0.05) is 0 Å². The fraction of sp³-hybridized carbons (Fsp3) is 0.357. The van der Waals surface area contributed by atoms with Gasteiger partial charge in [0.05, 0.1) is 25.0 Å². The first-order valence-corrected chi connectivity index (χ1v) is 6.58. The molecule has 0 spiro atoms. The van der Waals surface area contributed by atoms with Gasteiger partial charge in [-0.3, -0.25) is 4.79 Å². The van der Waals surface area contributed by atoms with Crippen molar-refractivity contribution in [2.24, 2.45) is 5.92 Å². The van der Waals surface area contributed by atoms with Crippen LogP contribution in [0.2, 0.25) is 0 Å². The second-order valence-corrected chi connectivity index (χ2v) is 5.00. The van der Waals surface area contributed by atoms with Crippen LogP contribution in [0.5, 0.6) is 0 Å². The molecule has 0 saturated carbocycles. The topological polar surface area (TPSA) is 59.8 Å². The summed E-state index contributed by atoms with van der Waals surface area (Å²) in [4.78, 5) is 13.5. The quantitative estimate of drug-likeness (QED) is 0.917. The minimum Gasteiger partial charge on any atom is -0.347 e. The van der Waals surface area contributed by atoms with E-state index in [4.69, 9.17) is 0 Å². The number of carbonyl (C=O) groups excluding carboxylic acids is 1. The third kappa shape index (κ3) is 3.62. The molecule has 112 valence electrons. The summed E-state index contributed by atoms with van der Waals surface area (Å²) in [6, 6.07) is 2.98. The number of aromatic nitrogens is 3. The zero-order valence-corrected chi connectivity index (χ0v) is 11.8. The first-order valence-electron chi connectivity index (χ1n) is 6.58. The third-order valence-corrected chi connectivity index (χ3v) is 3.14. The van der Waals surface area contributed by atoms with E-state index >= 15 is 0 Å². The Kier molecular flexibility index (Phi) is 4.62. The van der Waals surface area contributed by atoms with E-state index in [0.717, 1.165) is 12.1 Å². The standard InChI is InChI=1S/C14H16F2N4O/c1-9(2)12(8-20-17-6-7-18-20)19-14(21)13-10(15)4-3-5-11(13)16/h3-7,9,12H,8H2,1-2H3,(H,19,21). The normalized spacial score (nSPS) is 12.4. The molecule has 0 radical (unpaired) electrons. The van der Waals surface area contributed by atoms with Crippen molar-refractivity contribution in [3.8, 4) is 0 Å². The number of nitrogens with zero attached hydrogens (tertiary/aromatic N) is 3. The maximum atomic E-state index is 13.6. The van der Waals surface area contributed by atoms with Gasteiger partial charge in [-0.15, -0.1) is 0 Å². The van der Waals surface area contributed by atoms with Crippen molar-refractivity contribution in [3.05, 3.63) is 47.8 Å². The van der Waals surface area contributed by atoms with Crippen LogP contribution in [0.4, 0.5) is 8.78 Å². The van der Waals surface area contributed by atoms with Crippen LogP contribution in [-0.2, 0) is 6.54 Å². The number of halogens is 2. The predicted octanol–water partition coefficient (Wildman–Crippen LogP) is 2.01. The molecule has 7 heteroatoms. The van der Waals surface area contributed by atoms with Crippen LogP contribution in [0.1, 0.15) is 24.2 Å². The molecule has 1 aromatic heterocycles. The summed E-state index contributed by atoms with van der Waals surface area (Å²) < 4.78 is 27.2. The highest BCUT2D eigenvalue weighted by Gasteiger charge is 2.22. The van der Waals surface area contributed by atoms with Gasteiger partial charge in [-0.1, -0.05) is 19.9 Å². The molecule has 1 N–H and O–H groups in total. The lowest BCUT2D eigenvalue weighted by molar-refractivity contribution is 0.0909. The molecule has 1 heterocycles.